The number of rotatable bonds is 10. The Morgan fingerprint density at radius 3 is 2.55 bits per heavy atom. The van der Waals surface area contributed by atoms with E-state index in [1.54, 1.807) is 43.0 Å². The fourth-order valence-electron chi connectivity index (χ4n) is 3.20. The molecule has 9 nitrogen and oxygen atoms in total. The first-order valence-corrected chi connectivity index (χ1v) is 11.4. The van der Waals surface area contributed by atoms with Crippen LogP contribution in [0.15, 0.2) is 53.7 Å². The topological polar surface area (TPSA) is 118 Å². The van der Waals surface area contributed by atoms with Crippen molar-refractivity contribution >= 4 is 29.3 Å². The highest BCUT2D eigenvalue weighted by Gasteiger charge is 2.22. The average molecular weight is 470 g/mol. The molecule has 0 unspecified atom stereocenters. The van der Waals surface area contributed by atoms with E-state index in [2.05, 4.69) is 20.8 Å². The molecule has 0 aliphatic rings. The van der Waals surface area contributed by atoms with Crippen LogP contribution in [-0.2, 0) is 18.3 Å². The normalized spacial score (nSPS) is 11.6. The van der Waals surface area contributed by atoms with Crippen molar-refractivity contribution in [2.45, 2.75) is 24.5 Å². The number of para-hydroxylation sites is 1. The third kappa shape index (κ3) is 6.11. The Hall–Kier alpha value is -3.37. The number of hydrogen-bond acceptors (Lipinski definition) is 7. The maximum absolute atomic E-state index is 12.6. The zero-order chi connectivity index (χ0) is 23.8. The van der Waals surface area contributed by atoms with Crippen molar-refractivity contribution in [3.8, 4) is 5.75 Å². The van der Waals surface area contributed by atoms with Gasteiger partial charge in [-0.1, -0.05) is 36.9 Å². The van der Waals surface area contributed by atoms with Crippen molar-refractivity contribution < 1.29 is 19.4 Å². The van der Waals surface area contributed by atoms with Crippen molar-refractivity contribution in [3.05, 3.63) is 65.5 Å². The van der Waals surface area contributed by atoms with Gasteiger partial charge in [0.15, 0.2) is 11.0 Å². The first kappa shape index (κ1) is 24.3. The third-order valence-electron chi connectivity index (χ3n) is 5.03. The number of hydrogen-bond donors (Lipinski definition) is 3. The number of nitrogens with one attached hydrogen (secondary N) is 2. The van der Waals surface area contributed by atoms with E-state index < -0.39 is 6.04 Å². The van der Waals surface area contributed by atoms with Gasteiger partial charge in [-0.25, -0.2) is 0 Å². The van der Waals surface area contributed by atoms with Gasteiger partial charge < -0.3 is 25.0 Å². The van der Waals surface area contributed by atoms with Gasteiger partial charge in [0.1, 0.15) is 11.8 Å². The minimum atomic E-state index is -0.753. The van der Waals surface area contributed by atoms with Crippen molar-refractivity contribution in [2.75, 3.05) is 24.8 Å². The maximum Gasteiger partial charge on any atom is 0.251 e. The molecule has 3 rings (SSSR count). The zero-order valence-electron chi connectivity index (χ0n) is 18.7. The summed E-state index contributed by atoms with van der Waals surface area (Å²) in [7, 11) is 3.28. The number of aromatic nitrogens is 3. The molecule has 2 amide bonds. The summed E-state index contributed by atoms with van der Waals surface area (Å²) in [5.74, 6) is 0.660. The Morgan fingerprint density at radius 2 is 1.88 bits per heavy atom. The van der Waals surface area contributed by atoms with Crippen LogP contribution in [0.5, 0.6) is 5.75 Å². The number of carbonyl (C=O) groups excluding carboxylic acids is 2. The predicted octanol–water partition coefficient (Wildman–Crippen LogP) is 2.58. The van der Waals surface area contributed by atoms with E-state index in [0.717, 1.165) is 17.7 Å². The van der Waals surface area contributed by atoms with Crippen molar-refractivity contribution in [1.82, 2.24) is 20.1 Å². The summed E-state index contributed by atoms with van der Waals surface area (Å²) in [5.41, 5.74) is 2.29. The fourth-order valence-corrected chi connectivity index (χ4v) is 3.92. The highest BCUT2D eigenvalue weighted by molar-refractivity contribution is 7.99. The largest absolute Gasteiger partial charge is 0.497 e. The Morgan fingerprint density at radius 1 is 1.15 bits per heavy atom. The van der Waals surface area contributed by atoms with Crippen LogP contribution in [0.25, 0.3) is 0 Å². The molecule has 1 heterocycles. The molecule has 10 heteroatoms. The Balaban J connectivity index is 1.62. The molecule has 3 N–H and O–H groups in total. The SMILES string of the molecule is CCc1ccccc1NC(=O)CSc1nnc([C@@H](CO)NC(=O)c2ccc(OC)cc2)n1C. The van der Waals surface area contributed by atoms with Gasteiger partial charge in [0.25, 0.3) is 5.91 Å². The summed E-state index contributed by atoms with van der Waals surface area (Å²) < 4.78 is 6.76. The molecule has 3 aromatic rings. The molecule has 1 aromatic heterocycles. The van der Waals surface area contributed by atoms with Crippen LogP contribution in [0.4, 0.5) is 5.69 Å². The van der Waals surface area contributed by atoms with Gasteiger partial charge >= 0.3 is 0 Å². The average Bonchev–Trinajstić information content (AvgIpc) is 3.21. The maximum atomic E-state index is 12.6. The number of amides is 2. The summed E-state index contributed by atoms with van der Waals surface area (Å²) >= 11 is 1.23. The number of nitrogens with zero attached hydrogens (tertiary/aromatic N) is 3. The van der Waals surface area contributed by atoms with Crippen LogP contribution in [0.2, 0.25) is 0 Å². The van der Waals surface area contributed by atoms with Crippen molar-refractivity contribution in [2.24, 2.45) is 7.05 Å². The molecule has 2 aromatic carbocycles. The molecule has 0 radical (unpaired) electrons. The van der Waals surface area contributed by atoms with E-state index in [4.69, 9.17) is 4.74 Å². The van der Waals surface area contributed by atoms with Gasteiger partial charge in [0.05, 0.1) is 19.5 Å². The van der Waals surface area contributed by atoms with E-state index >= 15 is 0 Å². The number of thioether (sulfide) groups is 1. The predicted molar refractivity (Wildman–Crippen MR) is 126 cm³/mol. The highest BCUT2D eigenvalue weighted by atomic mass is 32.2. The Bertz CT molecular complexity index is 1100. The molecule has 0 saturated carbocycles. The first-order chi connectivity index (χ1) is 16.0. The summed E-state index contributed by atoms with van der Waals surface area (Å²) in [6, 6.07) is 13.6. The number of aliphatic hydroxyl groups excluding tert-OH is 1. The van der Waals surface area contributed by atoms with Crippen LogP contribution in [0.3, 0.4) is 0 Å². The minimum Gasteiger partial charge on any atom is -0.497 e. The molecule has 0 aliphatic heterocycles. The lowest BCUT2D eigenvalue weighted by molar-refractivity contribution is -0.113. The quantitative estimate of drug-likeness (QED) is 0.391. The smallest absolute Gasteiger partial charge is 0.251 e. The standard InChI is InChI=1S/C23H27N5O4S/c1-4-15-7-5-6-8-18(15)24-20(30)14-33-23-27-26-21(28(23)2)19(13-29)25-22(31)16-9-11-17(32-3)12-10-16/h5-12,19,29H,4,13-14H2,1-3H3,(H,24,30)(H,25,31)/t19-/m1/s1. The number of aliphatic hydroxyl groups is 1. The van der Waals surface area contributed by atoms with Crippen LogP contribution in [0.1, 0.15) is 34.7 Å². The molecule has 0 aliphatic carbocycles. The van der Waals surface area contributed by atoms with Gasteiger partial charge in [-0.3, -0.25) is 9.59 Å². The van der Waals surface area contributed by atoms with Crippen LogP contribution in [0, 0.1) is 0 Å². The molecule has 0 bridgehead atoms. The zero-order valence-corrected chi connectivity index (χ0v) is 19.6. The van der Waals surface area contributed by atoms with Gasteiger partial charge in [-0.2, -0.15) is 0 Å². The monoisotopic (exact) mass is 469 g/mol. The summed E-state index contributed by atoms with van der Waals surface area (Å²) in [4.78, 5) is 25.0. The van der Waals surface area contributed by atoms with E-state index in [1.165, 1.54) is 11.8 Å². The van der Waals surface area contributed by atoms with Crippen LogP contribution in [-0.4, -0.2) is 51.2 Å². The molecule has 0 saturated heterocycles. The van der Waals surface area contributed by atoms with Gasteiger partial charge in [0.2, 0.25) is 5.91 Å². The van der Waals surface area contributed by atoms with Crippen molar-refractivity contribution in [1.29, 1.82) is 0 Å². The van der Waals surface area contributed by atoms with E-state index in [-0.39, 0.29) is 24.2 Å². The first-order valence-electron chi connectivity index (χ1n) is 10.4. The third-order valence-corrected chi connectivity index (χ3v) is 6.05. The van der Waals surface area contributed by atoms with E-state index in [1.807, 2.05) is 31.2 Å². The number of methoxy groups -OCH3 is 1. The second-order valence-corrected chi connectivity index (χ2v) is 8.13. The van der Waals surface area contributed by atoms with Gasteiger partial charge in [-0.15, -0.1) is 10.2 Å². The Labute approximate surface area is 196 Å². The molecule has 0 spiro atoms. The van der Waals surface area contributed by atoms with Gasteiger partial charge in [-0.05, 0) is 42.3 Å². The van der Waals surface area contributed by atoms with E-state index in [9.17, 15) is 14.7 Å². The lowest BCUT2D eigenvalue weighted by Gasteiger charge is -2.16. The molecule has 0 fully saturated rings. The lowest BCUT2D eigenvalue weighted by Crippen LogP contribution is -2.32. The number of carbonyl (C=O) groups is 2. The highest BCUT2D eigenvalue weighted by Crippen LogP contribution is 2.21. The van der Waals surface area contributed by atoms with Crippen molar-refractivity contribution in [3.63, 3.8) is 0 Å². The van der Waals surface area contributed by atoms with E-state index in [0.29, 0.717) is 22.3 Å². The Kier molecular flexibility index (Phi) is 8.45. The molecular formula is C23H27N5O4S. The summed E-state index contributed by atoms with van der Waals surface area (Å²) in [5, 5.41) is 24.3. The fraction of sp³-hybridized carbons (Fsp3) is 0.304. The molecule has 1 atom stereocenters. The minimum absolute atomic E-state index is 0.145. The van der Waals surface area contributed by atoms with Gasteiger partial charge in [0, 0.05) is 18.3 Å². The number of ether oxygens (including phenoxy) is 1. The number of anilines is 1. The second-order valence-electron chi connectivity index (χ2n) is 7.18. The van der Waals surface area contributed by atoms with Crippen LogP contribution >= 0.6 is 11.8 Å². The summed E-state index contributed by atoms with van der Waals surface area (Å²) in [6.45, 7) is 1.68. The molecule has 174 valence electrons. The summed E-state index contributed by atoms with van der Waals surface area (Å²) in [6.07, 6.45) is 0.820. The lowest BCUT2D eigenvalue weighted by atomic mass is 10.1. The molecule has 33 heavy (non-hydrogen) atoms. The van der Waals surface area contributed by atoms with Crippen LogP contribution < -0.4 is 15.4 Å². The second kappa shape index (κ2) is 11.5. The molecular weight excluding hydrogens is 442 g/mol. The number of benzene rings is 2. The number of aryl methyl sites for hydroxylation is 1.